The summed E-state index contributed by atoms with van der Waals surface area (Å²) in [7, 11) is 0. The van der Waals surface area contributed by atoms with Crippen molar-refractivity contribution in [2.75, 3.05) is 54.9 Å². The fourth-order valence-corrected chi connectivity index (χ4v) is 4.89. The van der Waals surface area contributed by atoms with Crippen LogP contribution in [0.2, 0.25) is 5.02 Å². The lowest BCUT2D eigenvalue weighted by Gasteiger charge is -2.34. The normalized spacial score (nSPS) is 16.4. The number of aryl methyl sites for hydroxylation is 1. The number of aromatic nitrogens is 4. The number of aliphatic hydroxyl groups excluding tert-OH is 1. The van der Waals surface area contributed by atoms with Gasteiger partial charge in [0.15, 0.2) is 5.13 Å². The zero-order valence-electron chi connectivity index (χ0n) is 19.4. The van der Waals surface area contributed by atoms with Crippen LogP contribution in [0, 0.1) is 6.92 Å². The van der Waals surface area contributed by atoms with E-state index < -0.39 is 0 Å². The molecule has 2 aromatic heterocycles. The molecule has 2 aliphatic rings. The van der Waals surface area contributed by atoms with Crippen molar-refractivity contribution in [3.05, 3.63) is 45.7 Å². The summed E-state index contributed by atoms with van der Waals surface area (Å²) < 4.78 is 0. The monoisotopic (exact) mass is 514 g/mol. The van der Waals surface area contributed by atoms with Crippen molar-refractivity contribution >= 4 is 51.6 Å². The molecule has 0 radical (unpaired) electrons. The molecule has 5 rings (SSSR count). The van der Waals surface area contributed by atoms with Crippen molar-refractivity contribution < 1.29 is 9.90 Å². The number of β-amino-alcohol motifs (C(OH)–C–C–N with tert-alkyl or cyclic N) is 1. The molecule has 3 aromatic rings. The Labute approximate surface area is 212 Å². The van der Waals surface area contributed by atoms with Gasteiger partial charge in [-0.05, 0) is 31.4 Å². The third-order valence-corrected chi connectivity index (χ3v) is 7.29. The lowest BCUT2D eigenvalue weighted by molar-refractivity contribution is 0.103. The number of para-hydroxylation sites is 1. The molecule has 1 saturated carbocycles. The Morgan fingerprint density at radius 3 is 2.71 bits per heavy atom. The number of aliphatic hydroxyl groups is 1. The van der Waals surface area contributed by atoms with Gasteiger partial charge in [0.1, 0.15) is 10.7 Å². The molecule has 1 saturated heterocycles. The molecule has 0 unspecified atom stereocenters. The van der Waals surface area contributed by atoms with Crippen LogP contribution >= 0.6 is 22.9 Å². The van der Waals surface area contributed by atoms with Crippen molar-refractivity contribution in [3.63, 3.8) is 0 Å². The van der Waals surface area contributed by atoms with Crippen molar-refractivity contribution in [2.45, 2.75) is 25.7 Å². The van der Waals surface area contributed by atoms with Crippen molar-refractivity contribution in [3.8, 4) is 0 Å². The van der Waals surface area contributed by atoms with Gasteiger partial charge < -0.3 is 15.3 Å². The van der Waals surface area contributed by atoms with E-state index in [9.17, 15) is 9.90 Å². The van der Waals surface area contributed by atoms with E-state index in [-0.39, 0.29) is 12.5 Å². The molecule has 184 valence electrons. The number of halogens is 1. The summed E-state index contributed by atoms with van der Waals surface area (Å²) in [4.78, 5) is 36.0. The molecule has 0 spiro atoms. The molecular formula is C23H27ClN8O2S. The highest BCUT2D eigenvalue weighted by molar-refractivity contribution is 7.17. The largest absolute Gasteiger partial charge is 0.395 e. The zero-order valence-corrected chi connectivity index (χ0v) is 20.9. The Bertz CT molecular complexity index is 1190. The number of hydrogen-bond donors (Lipinski definition) is 3. The predicted octanol–water partition coefficient (Wildman–Crippen LogP) is 3.28. The molecule has 10 nitrogen and oxygen atoms in total. The van der Waals surface area contributed by atoms with Gasteiger partial charge in [-0.2, -0.15) is 15.0 Å². The minimum atomic E-state index is -0.275. The second kappa shape index (κ2) is 10.4. The number of anilines is 4. The van der Waals surface area contributed by atoms with Crippen LogP contribution in [0.5, 0.6) is 0 Å². The second-order valence-electron chi connectivity index (χ2n) is 8.68. The molecule has 1 aliphatic heterocycles. The number of thiazole rings is 1. The highest BCUT2D eigenvalue weighted by Gasteiger charge is 2.29. The summed E-state index contributed by atoms with van der Waals surface area (Å²) in [5.74, 6) is 1.96. The van der Waals surface area contributed by atoms with Gasteiger partial charge in [0, 0.05) is 38.6 Å². The maximum atomic E-state index is 12.8. The van der Waals surface area contributed by atoms with Gasteiger partial charge in [-0.15, -0.1) is 0 Å². The van der Waals surface area contributed by atoms with Gasteiger partial charge in [-0.25, -0.2) is 4.98 Å². The van der Waals surface area contributed by atoms with Crippen LogP contribution in [0.3, 0.4) is 0 Å². The van der Waals surface area contributed by atoms with Crippen LogP contribution in [0.25, 0.3) is 0 Å². The number of hydrogen-bond acceptors (Lipinski definition) is 10. The molecule has 0 atom stereocenters. The minimum Gasteiger partial charge on any atom is -0.395 e. The molecule has 1 aromatic carbocycles. The Hall–Kier alpha value is -2.86. The van der Waals surface area contributed by atoms with Crippen molar-refractivity contribution in [2.24, 2.45) is 0 Å². The number of carbonyl (C=O) groups is 1. The van der Waals surface area contributed by atoms with E-state index in [0.717, 1.165) is 50.4 Å². The zero-order chi connectivity index (χ0) is 24.4. The molecule has 3 N–H and O–H groups in total. The minimum absolute atomic E-state index is 0.164. The number of nitrogens with one attached hydrogen (secondary N) is 2. The first-order valence-electron chi connectivity index (χ1n) is 11.6. The van der Waals surface area contributed by atoms with Crippen LogP contribution in [-0.2, 0) is 0 Å². The standard InChI is InChI=1S/C23H27ClN8O2S/c1-14-3-2-4-16(24)18(14)26-20(34)17-13-25-23(35-17)30-21-27-19(15-5-6-15)28-22(29-21)32-9-7-31(8-10-32)11-12-33/h2-4,13,15,33H,5-12H2,1H3,(H,26,34)(H,25,27,28,29,30). The van der Waals surface area contributed by atoms with Crippen molar-refractivity contribution in [1.82, 2.24) is 24.8 Å². The average molecular weight is 515 g/mol. The Kier molecular flexibility index (Phi) is 7.09. The maximum absolute atomic E-state index is 12.8. The molecule has 1 amide bonds. The topological polar surface area (TPSA) is 119 Å². The van der Waals surface area contributed by atoms with Crippen LogP contribution in [0.15, 0.2) is 24.4 Å². The number of piperazine rings is 1. The van der Waals surface area contributed by atoms with Gasteiger partial charge in [0.05, 0.1) is 23.5 Å². The summed E-state index contributed by atoms with van der Waals surface area (Å²) >= 11 is 7.46. The summed E-state index contributed by atoms with van der Waals surface area (Å²) in [5, 5.41) is 16.2. The number of nitrogens with zero attached hydrogens (tertiary/aromatic N) is 6. The first kappa shape index (κ1) is 23.9. The molecule has 1 aliphatic carbocycles. The maximum Gasteiger partial charge on any atom is 0.267 e. The molecule has 2 fully saturated rings. The van der Waals surface area contributed by atoms with E-state index in [0.29, 0.717) is 45.1 Å². The van der Waals surface area contributed by atoms with Gasteiger partial charge in [0.25, 0.3) is 5.91 Å². The summed E-state index contributed by atoms with van der Waals surface area (Å²) in [5.41, 5.74) is 1.48. The molecular weight excluding hydrogens is 488 g/mol. The third kappa shape index (κ3) is 5.69. The summed E-state index contributed by atoms with van der Waals surface area (Å²) in [6, 6.07) is 5.48. The predicted molar refractivity (Wildman–Crippen MR) is 137 cm³/mol. The number of carbonyl (C=O) groups excluding carboxylic acids is 1. The molecule has 3 heterocycles. The fraction of sp³-hybridized carbons (Fsp3) is 0.435. The number of benzene rings is 1. The number of rotatable bonds is 8. The van der Waals surface area contributed by atoms with Gasteiger partial charge in [-0.1, -0.05) is 35.1 Å². The van der Waals surface area contributed by atoms with Gasteiger partial charge in [0.2, 0.25) is 11.9 Å². The first-order chi connectivity index (χ1) is 17.0. The Morgan fingerprint density at radius 1 is 1.20 bits per heavy atom. The van der Waals surface area contributed by atoms with E-state index in [1.165, 1.54) is 17.5 Å². The Morgan fingerprint density at radius 2 is 2.00 bits per heavy atom. The van der Waals surface area contributed by atoms with Gasteiger partial charge >= 0.3 is 0 Å². The highest BCUT2D eigenvalue weighted by Crippen LogP contribution is 2.39. The lowest BCUT2D eigenvalue weighted by atomic mass is 10.2. The SMILES string of the molecule is Cc1cccc(Cl)c1NC(=O)c1cnc(Nc2nc(C3CC3)nc(N3CCN(CCO)CC3)n2)s1. The lowest BCUT2D eigenvalue weighted by Crippen LogP contribution is -2.47. The molecule has 12 heteroatoms. The summed E-state index contributed by atoms with van der Waals surface area (Å²) in [6.07, 6.45) is 3.69. The highest BCUT2D eigenvalue weighted by atomic mass is 35.5. The van der Waals surface area contributed by atoms with Crippen LogP contribution in [0.4, 0.5) is 22.7 Å². The van der Waals surface area contributed by atoms with E-state index in [1.54, 1.807) is 6.07 Å². The molecule has 0 bridgehead atoms. The van der Waals surface area contributed by atoms with Gasteiger partial charge in [-0.3, -0.25) is 15.0 Å². The number of amides is 1. The fourth-order valence-electron chi connectivity index (χ4n) is 3.91. The van der Waals surface area contributed by atoms with Crippen LogP contribution in [0.1, 0.15) is 39.8 Å². The van der Waals surface area contributed by atoms with E-state index in [4.69, 9.17) is 16.6 Å². The van der Waals surface area contributed by atoms with Crippen LogP contribution < -0.4 is 15.5 Å². The third-order valence-electron chi connectivity index (χ3n) is 6.06. The second-order valence-corrected chi connectivity index (χ2v) is 10.1. The molecule has 35 heavy (non-hydrogen) atoms. The van der Waals surface area contributed by atoms with Crippen LogP contribution in [-0.4, -0.2) is 75.2 Å². The van der Waals surface area contributed by atoms with E-state index >= 15 is 0 Å². The van der Waals surface area contributed by atoms with E-state index in [2.05, 4.69) is 35.4 Å². The smallest absolute Gasteiger partial charge is 0.267 e. The Balaban J connectivity index is 1.30. The van der Waals surface area contributed by atoms with E-state index in [1.807, 2.05) is 19.1 Å². The summed E-state index contributed by atoms with van der Waals surface area (Å²) in [6.45, 7) is 6.02. The average Bonchev–Trinajstić information content (AvgIpc) is 3.61. The van der Waals surface area contributed by atoms with Crippen molar-refractivity contribution in [1.29, 1.82) is 0 Å². The quantitative estimate of drug-likeness (QED) is 0.416. The first-order valence-corrected chi connectivity index (χ1v) is 12.8.